The van der Waals surface area contributed by atoms with Crippen LogP contribution >= 0.6 is 11.8 Å². The van der Waals surface area contributed by atoms with Gasteiger partial charge in [0, 0.05) is 29.0 Å². The first kappa shape index (κ1) is 22.0. The first-order valence-corrected chi connectivity index (χ1v) is 11.7. The highest BCUT2D eigenvalue weighted by molar-refractivity contribution is 8.02. The third-order valence-electron chi connectivity index (χ3n) is 5.92. The summed E-state index contributed by atoms with van der Waals surface area (Å²) in [7, 11) is 1.56. The van der Waals surface area contributed by atoms with E-state index in [2.05, 4.69) is 5.32 Å². The van der Waals surface area contributed by atoms with Gasteiger partial charge in [0.1, 0.15) is 5.75 Å². The smallest absolute Gasteiger partial charge is 0.344 e. The lowest BCUT2D eigenvalue weighted by molar-refractivity contribution is -0.157. The number of anilines is 2. The van der Waals surface area contributed by atoms with Crippen LogP contribution in [-0.2, 0) is 19.1 Å². The van der Waals surface area contributed by atoms with Crippen LogP contribution < -0.4 is 15.0 Å². The number of nitrogens with one attached hydrogen (secondary N) is 1. The van der Waals surface area contributed by atoms with Crippen LogP contribution in [0.1, 0.15) is 24.5 Å². The standard InChI is InChI=1S/C26H22N2O5S/c1-32-19-13-11-18(12-14-19)27-24(30)23(17-7-3-2-4-8-17)33-25(31)26-16-15-22(29)28(26)20-9-5-6-10-21(20)34-26/h2-14,23H,15-16H2,1H3,(H,27,30). The summed E-state index contributed by atoms with van der Waals surface area (Å²) < 4.78 is 11.1. The van der Waals surface area contributed by atoms with Gasteiger partial charge < -0.3 is 14.8 Å². The molecule has 2 amide bonds. The number of thioether (sulfide) groups is 1. The van der Waals surface area contributed by atoms with Crippen LogP contribution in [0.15, 0.2) is 83.8 Å². The Morgan fingerprint density at radius 1 is 1.00 bits per heavy atom. The Balaban J connectivity index is 1.43. The maximum Gasteiger partial charge on any atom is 0.344 e. The lowest BCUT2D eigenvalue weighted by Gasteiger charge is -2.30. The Kier molecular flexibility index (Phi) is 5.75. The van der Waals surface area contributed by atoms with Crippen molar-refractivity contribution in [2.75, 3.05) is 17.3 Å². The minimum atomic E-state index is -1.21. The van der Waals surface area contributed by atoms with Gasteiger partial charge in [0.05, 0.1) is 12.8 Å². The number of nitrogens with zero attached hydrogens (tertiary/aromatic N) is 1. The molecule has 8 heteroatoms. The van der Waals surface area contributed by atoms with Gasteiger partial charge in [-0.15, -0.1) is 0 Å². The van der Waals surface area contributed by atoms with Crippen molar-refractivity contribution in [2.24, 2.45) is 0 Å². The Morgan fingerprint density at radius 3 is 2.44 bits per heavy atom. The summed E-state index contributed by atoms with van der Waals surface area (Å²) in [6, 6.07) is 23.1. The molecule has 3 aromatic carbocycles. The van der Waals surface area contributed by atoms with E-state index >= 15 is 0 Å². The monoisotopic (exact) mass is 474 g/mol. The molecule has 172 valence electrons. The Labute approximate surface area is 201 Å². The van der Waals surface area contributed by atoms with Crippen molar-refractivity contribution in [3.63, 3.8) is 0 Å². The number of esters is 1. The molecule has 2 aliphatic heterocycles. The summed E-state index contributed by atoms with van der Waals surface area (Å²) in [5, 5.41) is 2.81. The number of para-hydroxylation sites is 1. The van der Waals surface area contributed by atoms with Crippen molar-refractivity contribution in [2.45, 2.75) is 28.7 Å². The van der Waals surface area contributed by atoms with Gasteiger partial charge in [-0.05, 0) is 36.4 Å². The van der Waals surface area contributed by atoms with Gasteiger partial charge in [-0.2, -0.15) is 0 Å². The van der Waals surface area contributed by atoms with Crippen molar-refractivity contribution in [3.05, 3.63) is 84.4 Å². The van der Waals surface area contributed by atoms with Gasteiger partial charge in [0.25, 0.3) is 5.91 Å². The van der Waals surface area contributed by atoms with E-state index in [1.165, 1.54) is 16.7 Å². The normalized spacial score (nSPS) is 19.2. The van der Waals surface area contributed by atoms with E-state index in [0.29, 0.717) is 29.1 Å². The number of ether oxygens (including phenoxy) is 2. The summed E-state index contributed by atoms with van der Waals surface area (Å²) >= 11 is 1.31. The zero-order valence-electron chi connectivity index (χ0n) is 18.4. The number of rotatable bonds is 6. The molecule has 0 aliphatic carbocycles. The number of carbonyl (C=O) groups excluding carboxylic acids is 3. The predicted molar refractivity (Wildman–Crippen MR) is 129 cm³/mol. The number of hydrogen-bond donors (Lipinski definition) is 1. The van der Waals surface area contributed by atoms with E-state index in [0.717, 1.165) is 4.90 Å². The van der Waals surface area contributed by atoms with E-state index in [4.69, 9.17) is 9.47 Å². The summed E-state index contributed by atoms with van der Waals surface area (Å²) in [5.41, 5.74) is 1.78. The molecular formula is C26H22N2O5S. The van der Waals surface area contributed by atoms with Gasteiger partial charge in [-0.1, -0.05) is 54.2 Å². The van der Waals surface area contributed by atoms with Crippen molar-refractivity contribution < 1.29 is 23.9 Å². The summed E-state index contributed by atoms with van der Waals surface area (Å²) in [4.78, 5) is 40.8. The lowest BCUT2D eigenvalue weighted by Crippen LogP contribution is -2.48. The van der Waals surface area contributed by atoms with Gasteiger partial charge in [0.2, 0.25) is 12.0 Å². The fourth-order valence-electron chi connectivity index (χ4n) is 4.25. The van der Waals surface area contributed by atoms with Crippen LogP contribution in [0.4, 0.5) is 11.4 Å². The number of fused-ring (bicyclic) bond motifs is 3. The quantitative estimate of drug-likeness (QED) is 0.528. The van der Waals surface area contributed by atoms with Crippen LogP contribution in [0.2, 0.25) is 0 Å². The van der Waals surface area contributed by atoms with Crippen LogP contribution in [0, 0.1) is 0 Å². The van der Waals surface area contributed by atoms with Crippen molar-refractivity contribution in [1.82, 2.24) is 0 Å². The molecule has 2 aliphatic rings. The molecule has 34 heavy (non-hydrogen) atoms. The minimum absolute atomic E-state index is 0.131. The highest BCUT2D eigenvalue weighted by Crippen LogP contribution is 2.56. The average molecular weight is 475 g/mol. The number of hydrogen-bond acceptors (Lipinski definition) is 6. The first-order chi connectivity index (χ1) is 16.5. The molecule has 2 atom stereocenters. The molecule has 0 spiro atoms. The molecule has 1 saturated heterocycles. The van der Waals surface area contributed by atoms with E-state index in [-0.39, 0.29) is 12.3 Å². The van der Waals surface area contributed by atoms with Crippen LogP contribution in [0.25, 0.3) is 0 Å². The zero-order valence-corrected chi connectivity index (χ0v) is 19.2. The van der Waals surface area contributed by atoms with Crippen LogP contribution in [0.5, 0.6) is 5.75 Å². The maximum atomic E-state index is 13.7. The minimum Gasteiger partial charge on any atom is -0.497 e. The molecule has 3 aromatic rings. The third kappa shape index (κ3) is 3.80. The van der Waals surface area contributed by atoms with Crippen LogP contribution in [0.3, 0.4) is 0 Å². The van der Waals surface area contributed by atoms with Crippen molar-refractivity contribution in [3.8, 4) is 5.75 Å². The molecule has 0 aromatic heterocycles. The van der Waals surface area contributed by atoms with Crippen molar-refractivity contribution in [1.29, 1.82) is 0 Å². The molecule has 2 heterocycles. The highest BCUT2D eigenvalue weighted by atomic mass is 32.2. The Bertz CT molecular complexity index is 1250. The second-order valence-corrected chi connectivity index (χ2v) is 9.32. The third-order valence-corrected chi connectivity index (χ3v) is 7.37. The molecule has 0 saturated carbocycles. The first-order valence-electron chi connectivity index (χ1n) is 10.8. The highest BCUT2D eigenvalue weighted by Gasteiger charge is 2.59. The van der Waals surface area contributed by atoms with Gasteiger partial charge in [-0.25, -0.2) is 4.79 Å². The van der Waals surface area contributed by atoms with Crippen LogP contribution in [-0.4, -0.2) is 29.8 Å². The Hall–Kier alpha value is -3.78. The van der Waals surface area contributed by atoms with Gasteiger partial charge >= 0.3 is 5.97 Å². The summed E-state index contributed by atoms with van der Waals surface area (Å²) in [6.45, 7) is 0. The predicted octanol–water partition coefficient (Wildman–Crippen LogP) is 4.55. The number of methoxy groups -OCH3 is 1. The second kappa shape index (κ2) is 8.87. The van der Waals surface area contributed by atoms with E-state index in [1.807, 2.05) is 30.3 Å². The van der Waals surface area contributed by atoms with E-state index < -0.39 is 22.9 Å². The average Bonchev–Trinajstić information content (AvgIpc) is 3.39. The molecule has 5 rings (SSSR count). The van der Waals surface area contributed by atoms with Gasteiger partial charge in [-0.3, -0.25) is 14.5 Å². The second-order valence-electron chi connectivity index (χ2n) is 8.00. The molecule has 1 fully saturated rings. The lowest BCUT2D eigenvalue weighted by atomic mass is 10.1. The van der Waals surface area contributed by atoms with E-state index in [1.54, 1.807) is 55.6 Å². The number of benzene rings is 3. The summed E-state index contributed by atoms with van der Waals surface area (Å²) in [5.74, 6) is -0.573. The molecule has 0 radical (unpaired) electrons. The zero-order chi connectivity index (χ0) is 23.7. The fourth-order valence-corrected chi connectivity index (χ4v) is 5.66. The van der Waals surface area contributed by atoms with Gasteiger partial charge in [0.15, 0.2) is 4.87 Å². The molecule has 7 nitrogen and oxygen atoms in total. The summed E-state index contributed by atoms with van der Waals surface area (Å²) in [6.07, 6.45) is -0.636. The molecule has 0 bridgehead atoms. The molecular weight excluding hydrogens is 452 g/mol. The topological polar surface area (TPSA) is 84.9 Å². The number of amides is 2. The fraction of sp³-hybridized carbons (Fsp3) is 0.192. The molecule has 2 unspecified atom stereocenters. The SMILES string of the molecule is COc1ccc(NC(=O)C(OC(=O)C23CCC(=O)N2c2ccccc2S3)c2ccccc2)cc1. The molecule has 1 N–H and O–H groups in total. The van der Waals surface area contributed by atoms with Crippen molar-refractivity contribution >= 4 is 40.9 Å². The number of carbonyl (C=O) groups is 3. The van der Waals surface area contributed by atoms with E-state index in [9.17, 15) is 14.4 Å². The largest absolute Gasteiger partial charge is 0.497 e. The maximum absolute atomic E-state index is 13.7. The Morgan fingerprint density at radius 2 is 1.71 bits per heavy atom.